The van der Waals surface area contributed by atoms with Gasteiger partial charge in [0.1, 0.15) is 0 Å². The minimum atomic E-state index is -0.605. The summed E-state index contributed by atoms with van der Waals surface area (Å²) in [4.78, 5) is 47.5. The average Bonchev–Trinajstić information content (AvgIpc) is 2.66. The lowest BCUT2D eigenvalue weighted by molar-refractivity contribution is -0.137. The zero-order chi connectivity index (χ0) is 15.0. The number of rotatable bonds is 3. The maximum absolute atomic E-state index is 11.7. The van der Waals surface area contributed by atoms with Crippen molar-refractivity contribution in [3.8, 4) is 0 Å². The molecule has 1 aromatic rings. The van der Waals surface area contributed by atoms with Crippen LogP contribution in [0.25, 0.3) is 0 Å². The molecule has 0 radical (unpaired) electrons. The van der Waals surface area contributed by atoms with E-state index in [2.05, 4.69) is 5.32 Å². The van der Waals surface area contributed by atoms with E-state index in [4.69, 9.17) is 0 Å². The first-order chi connectivity index (χ1) is 9.32. The Morgan fingerprint density at radius 1 is 1.15 bits per heavy atom. The normalized spacial score (nSPS) is 18.9. The summed E-state index contributed by atoms with van der Waals surface area (Å²) < 4.78 is 2.33. The Morgan fingerprint density at radius 2 is 1.80 bits per heavy atom. The topological polar surface area (TPSA) is 93.4 Å². The summed E-state index contributed by atoms with van der Waals surface area (Å²) in [5.74, 6) is -0.547. The SMILES string of the molecule is CN1C(=O)CC(NCc2cc(=O)n(C)c(=O)n2C)C1=O. The van der Waals surface area contributed by atoms with E-state index in [9.17, 15) is 19.2 Å². The number of amides is 2. The number of nitrogens with zero attached hydrogens (tertiary/aromatic N) is 3. The molecule has 2 heterocycles. The van der Waals surface area contributed by atoms with E-state index in [1.807, 2.05) is 0 Å². The van der Waals surface area contributed by atoms with Crippen LogP contribution in [0.1, 0.15) is 12.1 Å². The fraction of sp³-hybridized carbons (Fsp3) is 0.500. The van der Waals surface area contributed by atoms with Crippen LogP contribution < -0.4 is 16.6 Å². The summed E-state index contributed by atoms with van der Waals surface area (Å²) in [6.45, 7) is 0.166. The summed E-state index contributed by atoms with van der Waals surface area (Å²) >= 11 is 0. The zero-order valence-corrected chi connectivity index (χ0v) is 11.5. The average molecular weight is 280 g/mol. The van der Waals surface area contributed by atoms with E-state index < -0.39 is 17.3 Å². The maximum Gasteiger partial charge on any atom is 0.330 e. The Labute approximate surface area is 114 Å². The van der Waals surface area contributed by atoms with Gasteiger partial charge in [-0.3, -0.25) is 33.7 Å². The lowest BCUT2D eigenvalue weighted by Crippen LogP contribution is -2.41. The molecule has 0 aliphatic carbocycles. The predicted octanol–water partition coefficient (Wildman–Crippen LogP) is -2.07. The van der Waals surface area contributed by atoms with Crippen molar-refractivity contribution >= 4 is 11.8 Å². The molecule has 0 saturated carbocycles. The van der Waals surface area contributed by atoms with Crippen LogP contribution in [0.5, 0.6) is 0 Å². The van der Waals surface area contributed by atoms with E-state index in [1.165, 1.54) is 24.7 Å². The quantitative estimate of drug-likeness (QED) is 0.642. The molecule has 0 bridgehead atoms. The van der Waals surface area contributed by atoms with Crippen LogP contribution in [0, 0.1) is 0 Å². The second kappa shape index (κ2) is 5.04. The van der Waals surface area contributed by atoms with E-state index in [1.54, 1.807) is 7.05 Å². The van der Waals surface area contributed by atoms with Gasteiger partial charge >= 0.3 is 5.69 Å². The van der Waals surface area contributed by atoms with Crippen molar-refractivity contribution < 1.29 is 9.59 Å². The second-order valence-electron chi connectivity index (χ2n) is 4.80. The highest BCUT2D eigenvalue weighted by atomic mass is 16.2. The number of likely N-dealkylation sites (N-methyl/N-ethyl adjacent to an activating group) is 1. The van der Waals surface area contributed by atoms with Gasteiger partial charge in [0, 0.05) is 39.4 Å². The lowest BCUT2D eigenvalue weighted by Gasteiger charge is -2.13. The lowest BCUT2D eigenvalue weighted by atomic mass is 10.2. The molecule has 1 atom stereocenters. The van der Waals surface area contributed by atoms with Crippen LogP contribution in [0.15, 0.2) is 15.7 Å². The highest BCUT2D eigenvalue weighted by Crippen LogP contribution is 2.10. The molecule has 108 valence electrons. The van der Waals surface area contributed by atoms with Crippen LogP contribution in [0.2, 0.25) is 0 Å². The van der Waals surface area contributed by atoms with Crippen LogP contribution in [-0.2, 0) is 30.2 Å². The zero-order valence-electron chi connectivity index (χ0n) is 11.5. The van der Waals surface area contributed by atoms with Gasteiger partial charge in [0.2, 0.25) is 11.8 Å². The van der Waals surface area contributed by atoms with Crippen molar-refractivity contribution in [3.63, 3.8) is 0 Å². The molecule has 0 aromatic carbocycles. The van der Waals surface area contributed by atoms with Crippen molar-refractivity contribution in [1.82, 2.24) is 19.4 Å². The third-order valence-electron chi connectivity index (χ3n) is 3.54. The molecule has 1 fully saturated rings. The smallest absolute Gasteiger partial charge is 0.300 e. The molecule has 1 aliphatic rings. The molecule has 1 aromatic heterocycles. The summed E-state index contributed by atoms with van der Waals surface area (Å²) in [5.41, 5.74) is -0.371. The van der Waals surface area contributed by atoms with Gasteiger partial charge in [0.05, 0.1) is 12.5 Å². The van der Waals surface area contributed by atoms with Gasteiger partial charge in [0.15, 0.2) is 0 Å². The third kappa shape index (κ3) is 2.29. The first-order valence-electron chi connectivity index (χ1n) is 6.12. The minimum Gasteiger partial charge on any atom is -0.300 e. The largest absolute Gasteiger partial charge is 0.330 e. The first-order valence-corrected chi connectivity index (χ1v) is 6.12. The fourth-order valence-electron chi connectivity index (χ4n) is 2.09. The number of imide groups is 1. The molecule has 1 N–H and O–H groups in total. The molecule has 8 heteroatoms. The molecule has 2 rings (SSSR count). The Bertz CT molecular complexity index is 688. The Balaban J connectivity index is 2.17. The Morgan fingerprint density at radius 3 is 2.35 bits per heavy atom. The highest BCUT2D eigenvalue weighted by molar-refractivity contribution is 6.05. The predicted molar refractivity (Wildman–Crippen MR) is 69.9 cm³/mol. The monoisotopic (exact) mass is 280 g/mol. The fourth-order valence-corrected chi connectivity index (χ4v) is 2.09. The number of carbonyl (C=O) groups is 2. The van der Waals surface area contributed by atoms with Gasteiger partial charge in [-0.1, -0.05) is 0 Å². The number of hydrogen-bond donors (Lipinski definition) is 1. The Kier molecular flexibility index (Phi) is 3.58. The van der Waals surface area contributed by atoms with Crippen LogP contribution in [-0.4, -0.2) is 38.9 Å². The van der Waals surface area contributed by atoms with Crippen LogP contribution in [0.3, 0.4) is 0 Å². The van der Waals surface area contributed by atoms with E-state index >= 15 is 0 Å². The van der Waals surface area contributed by atoms with Crippen molar-refractivity contribution in [2.75, 3.05) is 7.05 Å². The molecular weight excluding hydrogens is 264 g/mol. The Hall–Kier alpha value is -2.22. The number of hydrogen-bond acceptors (Lipinski definition) is 5. The molecule has 20 heavy (non-hydrogen) atoms. The van der Waals surface area contributed by atoms with Gasteiger partial charge < -0.3 is 0 Å². The summed E-state index contributed by atoms with van der Waals surface area (Å²) in [5, 5.41) is 2.90. The number of carbonyl (C=O) groups excluding carboxylic acids is 2. The molecule has 1 aliphatic heterocycles. The standard InChI is InChI=1S/C12H16N4O4/c1-14-7(4-9(17)16(3)12(14)20)6-13-8-5-10(18)15(2)11(8)19/h4,8,13H,5-6H2,1-3H3. The molecule has 1 saturated heterocycles. The van der Waals surface area contributed by atoms with Gasteiger partial charge in [-0.25, -0.2) is 4.79 Å². The third-order valence-corrected chi connectivity index (χ3v) is 3.54. The summed E-state index contributed by atoms with van der Waals surface area (Å²) in [7, 11) is 4.38. The van der Waals surface area contributed by atoms with Gasteiger partial charge in [-0.2, -0.15) is 0 Å². The summed E-state index contributed by atoms with van der Waals surface area (Å²) in [6.07, 6.45) is 0.0914. The highest BCUT2D eigenvalue weighted by Gasteiger charge is 2.35. The van der Waals surface area contributed by atoms with Crippen molar-refractivity contribution in [2.45, 2.75) is 19.0 Å². The number of aromatic nitrogens is 2. The van der Waals surface area contributed by atoms with Gasteiger partial charge in [0.25, 0.3) is 5.56 Å². The summed E-state index contributed by atoms with van der Waals surface area (Å²) in [6, 6.07) is 0.728. The molecule has 2 amide bonds. The van der Waals surface area contributed by atoms with Crippen LogP contribution in [0.4, 0.5) is 0 Å². The maximum atomic E-state index is 11.7. The van der Waals surface area contributed by atoms with Crippen molar-refractivity contribution in [1.29, 1.82) is 0 Å². The molecule has 8 nitrogen and oxygen atoms in total. The van der Waals surface area contributed by atoms with Crippen molar-refractivity contribution in [2.24, 2.45) is 14.1 Å². The van der Waals surface area contributed by atoms with Gasteiger partial charge in [-0.05, 0) is 0 Å². The van der Waals surface area contributed by atoms with Gasteiger partial charge in [-0.15, -0.1) is 0 Å². The number of likely N-dealkylation sites (tertiary alicyclic amines) is 1. The molecular formula is C12H16N4O4. The number of nitrogens with one attached hydrogen (secondary N) is 1. The minimum absolute atomic E-state index is 0.0914. The van der Waals surface area contributed by atoms with E-state index in [-0.39, 0.29) is 24.8 Å². The second-order valence-corrected chi connectivity index (χ2v) is 4.80. The van der Waals surface area contributed by atoms with E-state index in [0.29, 0.717) is 5.69 Å². The van der Waals surface area contributed by atoms with Crippen LogP contribution >= 0.6 is 0 Å². The molecule has 1 unspecified atom stereocenters. The first kappa shape index (κ1) is 14.2. The van der Waals surface area contributed by atoms with Crippen molar-refractivity contribution in [3.05, 3.63) is 32.6 Å². The molecule has 0 spiro atoms. The van der Waals surface area contributed by atoms with E-state index in [0.717, 1.165) is 9.47 Å².